The minimum atomic E-state index is -4.61. The van der Waals surface area contributed by atoms with Crippen molar-refractivity contribution >= 4 is 39.4 Å². The predicted molar refractivity (Wildman–Crippen MR) is 170 cm³/mol. The van der Waals surface area contributed by atoms with Gasteiger partial charge in [0, 0.05) is 30.1 Å². The molecule has 0 saturated heterocycles. The molecule has 4 aromatic rings. The van der Waals surface area contributed by atoms with E-state index in [0.717, 1.165) is 69.1 Å². The average Bonchev–Trinajstić information content (AvgIpc) is 3.36. The Morgan fingerprint density at radius 2 is 1.86 bits per heavy atom. The summed E-state index contributed by atoms with van der Waals surface area (Å²) in [6.45, 7) is 8.92. The highest BCUT2D eigenvalue weighted by Gasteiger charge is 2.33. The Balaban J connectivity index is 1.56. The Morgan fingerprint density at radius 3 is 2.60 bits per heavy atom. The third-order valence-electron chi connectivity index (χ3n) is 7.92. The van der Waals surface area contributed by atoms with Gasteiger partial charge in [-0.3, -0.25) is 4.79 Å². The molecule has 11 heteroatoms. The van der Waals surface area contributed by atoms with E-state index in [1.165, 1.54) is 27.9 Å². The van der Waals surface area contributed by atoms with Crippen LogP contribution in [0, 0.1) is 0 Å². The summed E-state index contributed by atoms with van der Waals surface area (Å²) in [6, 6.07) is 11.4. The van der Waals surface area contributed by atoms with E-state index in [9.17, 15) is 18.0 Å². The fourth-order valence-corrected chi connectivity index (χ4v) is 6.98. The normalized spacial score (nSPS) is 14.0. The minimum absolute atomic E-state index is 0.172. The molecular formula is C32H35ClF3N5OS. The highest BCUT2D eigenvalue weighted by atomic mass is 35.5. The lowest BCUT2D eigenvalue weighted by Gasteiger charge is -2.23. The van der Waals surface area contributed by atoms with Crippen molar-refractivity contribution in [1.29, 1.82) is 0 Å². The molecule has 0 fully saturated rings. The van der Waals surface area contributed by atoms with Gasteiger partial charge in [0.05, 0.1) is 22.2 Å². The second kappa shape index (κ2) is 13.3. The van der Waals surface area contributed by atoms with Gasteiger partial charge in [-0.2, -0.15) is 22.9 Å². The number of rotatable bonds is 10. The van der Waals surface area contributed by atoms with E-state index in [-0.39, 0.29) is 11.1 Å². The van der Waals surface area contributed by atoms with Crippen LogP contribution in [0.2, 0.25) is 5.02 Å². The SMILES string of the molecule is CCN(CC)CCN(C)Cc1cccc(-c2nc3sc4c(c3c(=O)n2N=Cc2ccc(Cl)c(C(F)(F)F)c2)CCCC4)c1. The lowest BCUT2D eigenvalue weighted by Crippen LogP contribution is -2.32. The molecule has 5 rings (SSSR count). The molecule has 0 unspecified atom stereocenters. The lowest BCUT2D eigenvalue weighted by molar-refractivity contribution is -0.137. The van der Waals surface area contributed by atoms with E-state index in [1.807, 2.05) is 24.3 Å². The van der Waals surface area contributed by atoms with E-state index >= 15 is 0 Å². The van der Waals surface area contributed by atoms with Gasteiger partial charge in [-0.15, -0.1) is 11.3 Å². The van der Waals surface area contributed by atoms with Gasteiger partial charge >= 0.3 is 6.18 Å². The number of likely N-dealkylation sites (N-methyl/N-ethyl adjacent to an activating group) is 2. The Morgan fingerprint density at radius 1 is 1.09 bits per heavy atom. The number of benzene rings is 2. The lowest BCUT2D eigenvalue weighted by atomic mass is 9.97. The predicted octanol–water partition coefficient (Wildman–Crippen LogP) is 7.33. The van der Waals surface area contributed by atoms with E-state index in [4.69, 9.17) is 16.6 Å². The van der Waals surface area contributed by atoms with Crippen molar-refractivity contribution in [2.75, 3.05) is 33.2 Å². The Labute approximate surface area is 258 Å². The van der Waals surface area contributed by atoms with Crippen molar-refractivity contribution in [1.82, 2.24) is 19.5 Å². The van der Waals surface area contributed by atoms with Crippen LogP contribution in [0.4, 0.5) is 13.2 Å². The Kier molecular flexibility index (Phi) is 9.70. The topological polar surface area (TPSA) is 53.7 Å². The van der Waals surface area contributed by atoms with Crippen LogP contribution in [-0.4, -0.2) is 58.9 Å². The molecule has 43 heavy (non-hydrogen) atoms. The molecule has 6 nitrogen and oxygen atoms in total. The first-order valence-corrected chi connectivity index (χ1v) is 15.8. The molecule has 0 spiro atoms. The molecule has 0 bridgehead atoms. The molecule has 2 heterocycles. The zero-order chi connectivity index (χ0) is 30.7. The zero-order valence-electron chi connectivity index (χ0n) is 24.5. The van der Waals surface area contributed by atoms with Crippen LogP contribution in [0.3, 0.4) is 0 Å². The number of fused-ring (bicyclic) bond motifs is 3. The van der Waals surface area contributed by atoms with Crippen molar-refractivity contribution in [3.63, 3.8) is 0 Å². The van der Waals surface area contributed by atoms with E-state index in [1.54, 1.807) is 11.3 Å². The summed E-state index contributed by atoms with van der Waals surface area (Å²) in [4.78, 5) is 25.5. The van der Waals surface area contributed by atoms with Gasteiger partial charge in [-0.05, 0) is 80.7 Å². The maximum atomic E-state index is 14.0. The number of aryl methyl sites for hydroxylation is 2. The molecule has 0 saturated carbocycles. The summed E-state index contributed by atoms with van der Waals surface area (Å²) >= 11 is 7.37. The van der Waals surface area contributed by atoms with Crippen LogP contribution in [0.1, 0.15) is 53.8 Å². The first-order chi connectivity index (χ1) is 20.6. The fourth-order valence-electron chi connectivity index (χ4n) is 5.51. The molecule has 2 aromatic heterocycles. The number of hydrogen-bond donors (Lipinski definition) is 0. The van der Waals surface area contributed by atoms with Crippen LogP contribution in [0.5, 0.6) is 0 Å². The van der Waals surface area contributed by atoms with E-state index < -0.39 is 16.8 Å². The van der Waals surface area contributed by atoms with E-state index in [2.05, 4.69) is 35.8 Å². The Bertz CT molecular complexity index is 1690. The van der Waals surface area contributed by atoms with Crippen molar-refractivity contribution < 1.29 is 13.2 Å². The molecule has 0 N–H and O–H groups in total. The molecule has 228 valence electrons. The summed E-state index contributed by atoms with van der Waals surface area (Å²) in [5.74, 6) is 0.352. The van der Waals surface area contributed by atoms with Gasteiger partial charge in [0.15, 0.2) is 5.82 Å². The number of halogens is 4. The third kappa shape index (κ3) is 7.03. The molecular weight excluding hydrogens is 595 g/mol. The number of hydrogen-bond acceptors (Lipinski definition) is 6. The number of alkyl halides is 3. The van der Waals surface area contributed by atoms with Crippen LogP contribution in [0.15, 0.2) is 52.4 Å². The Hall–Kier alpha value is -3.05. The summed E-state index contributed by atoms with van der Waals surface area (Å²) in [6.07, 6.45) is 0.427. The average molecular weight is 630 g/mol. The molecule has 0 aliphatic heterocycles. The van der Waals surface area contributed by atoms with Gasteiger partial charge in [0.25, 0.3) is 5.56 Å². The minimum Gasteiger partial charge on any atom is -0.303 e. The number of nitrogens with zero attached hydrogens (tertiary/aromatic N) is 5. The highest BCUT2D eigenvalue weighted by molar-refractivity contribution is 7.18. The molecule has 1 aliphatic rings. The van der Waals surface area contributed by atoms with Crippen LogP contribution in [0.25, 0.3) is 21.6 Å². The van der Waals surface area contributed by atoms with Crippen LogP contribution < -0.4 is 5.56 Å². The van der Waals surface area contributed by atoms with Gasteiger partial charge in [0.2, 0.25) is 0 Å². The molecule has 1 aliphatic carbocycles. The largest absolute Gasteiger partial charge is 0.417 e. The van der Waals surface area contributed by atoms with Crippen LogP contribution >= 0.6 is 22.9 Å². The van der Waals surface area contributed by atoms with Gasteiger partial charge in [-0.25, -0.2) is 4.98 Å². The summed E-state index contributed by atoms with van der Waals surface area (Å²) in [5, 5.41) is 4.60. The molecule has 0 amide bonds. The quantitative estimate of drug-likeness (QED) is 0.172. The first-order valence-electron chi connectivity index (χ1n) is 14.6. The summed E-state index contributed by atoms with van der Waals surface area (Å²) < 4.78 is 41.7. The number of aromatic nitrogens is 2. The van der Waals surface area contributed by atoms with Gasteiger partial charge in [0.1, 0.15) is 4.83 Å². The summed E-state index contributed by atoms with van der Waals surface area (Å²) in [7, 11) is 2.08. The van der Waals surface area contributed by atoms with Crippen molar-refractivity contribution in [2.24, 2.45) is 5.10 Å². The van der Waals surface area contributed by atoms with Crippen molar-refractivity contribution in [3.8, 4) is 11.4 Å². The molecule has 0 atom stereocenters. The summed E-state index contributed by atoms with van der Waals surface area (Å²) in [5.41, 5.74) is 1.69. The maximum absolute atomic E-state index is 14.0. The fraction of sp³-hybridized carbons (Fsp3) is 0.406. The standard InChI is InChI=1S/C32H35ClF3N5OS/c1-4-40(5-2)16-15-39(3)20-22-9-8-10-23(17-22)29-38-30-28(24-11-6-7-12-27(24)43-30)31(42)41(29)37-19-21-13-14-26(33)25(18-21)32(34,35)36/h8-10,13-14,17-19H,4-7,11-12,15-16,20H2,1-3H3. The van der Waals surface area contributed by atoms with Gasteiger partial charge in [-0.1, -0.05) is 49.7 Å². The van der Waals surface area contributed by atoms with Crippen molar-refractivity contribution in [2.45, 2.75) is 52.3 Å². The monoisotopic (exact) mass is 629 g/mol. The van der Waals surface area contributed by atoms with Crippen molar-refractivity contribution in [3.05, 3.63) is 85.0 Å². The van der Waals surface area contributed by atoms with Gasteiger partial charge < -0.3 is 9.80 Å². The highest BCUT2D eigenvalue weighted by Crippen LogP contribution is 2.36. The van der Waals surface area contributed by atoms with E-state index in [0.29, 0.717) is 28.1 Å². The zero-order valence-corrected chi connectivity index (χ0v) is 26.1. The first kappa shape index (κ1) is 31.4. The molecule has 0 radical (unpaired) electrons. The maximum Gasteiger partial charge on any atom is 0.417 e. The second-order valence-corrected chi connectivity index (χ2v) is 12.4. The van der Waals surface area contributed by atoms with Crippen LogP contribution in [-0.2, 0) is 25.6 Å². The number of thiophene rings is 1. The third-order valence-corrected chi connectivity index (χ3v) is 9.43. The second-order valence-electron chi connectivity index (χ2n) is 10.9. The molecule has 2 aromatic carbocycles. The smallest absolute Gasteiger partial charge is 0.303 e.